The Hall–Kier alpha value is -2.37. The second kappa shape index (κ2) is 7.06. The SMILES string of the molecule is CC(=O)NCC(=O)Nc1ccc(NC(=O)C(C)(C)C)c(C)c1. The third-order valence-corrected chi connectivity index (χ3v) is 2.94. The molecule has 3 amide bonds. The summed E-state index contributed by atoms with van der Waals surface area (Å²) >= 11 is 0. The molecule has 0 atom stereocenters. The molecule has 0 bridgehead atoms. The normalized spacial score (nSPS) is 10.8. The largest absolute Gasteiger partial charge is 0.347 e. The second-order valence-electron chi connectivity index (χ2n) is 6.19. The van der Waals surface area contributed by atoms with E-state index in [0.29, 0.717) is 11.4 Å². The Morgan fingerprint density at radius 3 is 2.23 bits per heavy atom. The van der Waals surface area contributed by atoms with Crippen LogP contribution in [-0.4, -0.2) is 24.3 Å². The molecular formula is C16H23N3O3. The molecule has 0 aliphatic carbocycles. The quantitative estimate of drug-likeness (QED) is 0.795. The van der Waals surface area contributed by atoms with E-state index in [4.69, 9.17) is 0 Å². The minimum absolute atomic E-state index is 0.0713. The number of aryl methyl sites for hydroxylation is 1. The van der Waals surface area contributed by atoms with Crippen molar-refractivity contribution in [2.45, 2.75) is 34.6 Å². The van der Waals surface area contributed by atoms with Gasteiger partial charge in [-0.15, -0.1) is 0 Å². The molecule has 0 aromatic heterocycles. The van der Waals surface area contributed by atoms with Gasteiger partial charge in [0.15, 0.2) is 0 Å². The average molecular weight is 305 g/mol. The summed E-state index contributed by atoms with van der Waals surface area (Å²) in [6.45, 7) is 8.65. The first-order valence-corrected chi connectivity index (χ1v) is 7.06. The van der Waals surface area contributed by atoms with Crippen molar-refractivity contribution in [3.63, 3.8) is 0 Å². The van der Waals surface area contributed by atoms with Gasteiger partial charge in [-0.25, -0.2) is 0 Å². The number of hydrogen-bond donors (Lipinski definition) is 3. The molecule has 0 fully saturated rings. The summed E-state index contributed by atoms with van der Waals surface area (Å²) in [5.74, 6) is -0.634. The Bertz CT molecular complexity index is 589. The van der Waals surface area contributed by atoms with Crippen LogP contribution in [0.25, 0.3) is 0 Å². The van der Waals surface area contributed by atoms with Gasteiger partial charge in [-0.3, -0.25) is 14.4 Å². The van der Waals surface area contributed by atoms with Crippen LogP contribution in [0.1, 0.15) is 33.3 Å². The van der Waals surface area contributed by atoms with E-state index in [1.165, 1.54) is 6.92 Å². The fourth-order valence-corrected chi connectivity index (χ4v) is 1.60. The number of benzene rings is 1. The summed E-state index contributed by atoms with van der Waals surface area (Å²) in [4.78, 5) is 34.4. The molecule has 1 aromatic rings. The number of anilines is 2. The molecule has 0 aliphatic rings. The highest BCUT2D eigenvalue weighted by Gasteiger charge is 2.21. The van der Waals surface area contributed by atoms with Gasteiger partial charge in [0.05, 0.1) is 6.54 Å². The third-order valence-electron chi connectivity index (χ3n) is 2.94. The van der Waals surface area contributed by atoms with E-state index < -0.39 is 5.41 Å². The van der Waals surface area contributed by atoms with Crippen molar-refractivity contribution < 1.29 is 14.4 Å². The molecule has 0 saturated heterocycles. The maximum atomic E-state index is 12.0. The molecule has 3 N–H and O–H groups in total. The number of carbonyl (C=O) groups is 3. The van der Waals surface area contributed by atoms with Crippen LogP contribution in [0.4, 0.5) is 11.4 Å². The lowest BCUT2D eigenvalue weighted by atomic mass is 9.95. The van der Waals surface area contributed by atoms with E-state index in [1.54, 1.807) is 18.2 Å². The maximum Gasteiger partial charge on any atom is 0.243 e. The summed E-state index contributed by atoms with van der Waals surface area (Å²) in [7, 11) is 0. The zero-order valence-corrected chi connectivity index (χ0v) is 13.7. The molecule has 120 valence electrons. The van der Waals surface area contributed by atoms with Crippen LogP contribution in [-0.2, 0) is 14.4 Å². The predicted molar refractivity (Wildman–Crippen MR) is 86.6 cm³/mol. The first kappa shape index (κ1) is 17.7. The van der Waals surface area contributed by atoms with Crippen molar-refractivity contribution in [2.75, 3.05) is 17.2 Å². The van der Waals surface area contributed by atoms with Crippen molar-refractivity contribution in [1.29, 1.82) is 0 Å². The van der Waals surface area contributed by atoms with Crippen LogP contribution in [0, 0.1) is 12.3 Å². The average Bonchev–Trinajstić information content (AvgIpc) is 2.38. The molecular weight excluding hydrogens is 282 g/mol. The molecule has 0 heterocycles. The first-order valence-electron chi connectivity index (χ1n) is 7.06. The molecule has 1 rings (SSSR count). The molecule has 22 heavy (non-hydrogen) atoms. The van der Waals surface area contributed by atoms with Gasteiger partial charge in [-0.05, 0) is 30.7 Å². The van der Waals surface area contributed by atoms with E-state index in [2.05, 4.69) is 16.0 Å². The highest BCUT2D eigenvalue weighted by atomic mass is 16.2. The zero-order chi connectivity index (χ0) is 16.9. The summed E-state index contributed by atoms with van der Waals surface area (Å²) in [6.07, 6.45) is 0. The second-order valence-corrected chi connectivity index (χ2v) is 6.19. The van der Waals surface area contributed by atoms with Gasteiger partial charge < -0.3 is 16.0 Å². The lowest BCUT2D eigenvalue weighted by Gasteiger charge is -2.19. The van der Waals surface area contributed by atoms with Gasteiger partial charge in [-0.2, -0.15) is 0 Å². The molecule has 0 radical (unpaired) electrons. The minimum atomic E-state index is -0.475. The Balaban J connectivity index is 2.71. The standard InChI is InChI=1S/C16H23N3O3/c1-10-8-12(18-14(21)9-17-11(2)20)6-7-13(10)19-15(22)16(3,4)5/h6-8H,9H2,1-5H3,(H,17,20)(H,18,21)(H,19,22). The van der Waals surface area contributed by atoms with Crippen molar-refractivity contribution >= 4 is 29.1 Å². The lowest BCUT2D eigenvalue weighted by Crippen LogP contribution is -2.31. The molecule has 6 nitrogen and oxygen atoms in total. The van der Waals surface area contributed by atoms with Gasteiger partial charge in [0.25, 0.3) is 0 Å². The Morgan fingerprint density at radius 2 is 1.73 bits per heavy atom. The topological polar surface area (TPSA) is 87.3 Å². The fraction of sp³-hybridized carbons (Fsp3) is 0.438. The highest BCUT2D eigenvalue weighted by molar-refractivity contribution is 5.97. The Labute approximate surface area is 130 Å². The van der Waals surface area contributed by atoms with E-state index in [-0.39, 0.29) is 24.3 Å². The lowest BCUT2D eigenvalue weighted by molar-refractivity contribution is -0.123. The van der Waals surface area contributed by atoms with Crippen LogP contribution in [0.2, 0.25) is 0 Å². The van der Waals surface area contributed by atoms with Crippen LogP contribution >= 0.6 is 0 Å². The Kier molecular flexibility index (Phi) is 5.68. The van der Waals surface area contributed by atoms with Crippen LogP contribution in [0.15, 0.2) is 18.2 Å². The van der Waals surface area contributed by atoms with E-state index in [0.717, 1.165) is 5.56 Å². The van der Waals surface area contributed by atoms with Gasteiger partial charge >= 0.3 is 0 Å². The summed E-state index contributed by atoms with van der Waals surface area (Å²) in [5.41, 5.74) is 1.69. The van der Waals surface area contributed by atoms with Gasteiger partial charge in [0, 0.05) is 23.7 Å². The van der Waals surface area contributed by atoms with Gasteiger partial charge in [0.1, 0.15) is 0 Å². The van der Waals surface area contributed by atoms with Crippen LogP contribution in [0.5, 0.6) is 0 Å². The molecule has 0 saturated carbocycles. The summed E-state index contributed by atoms with van der Waals surface area (Å²) < 4.78 is 0. The van der Waals surface area contributed by atoms with Crippen LogP contribution < -0.4 is 16.0 Å². The van der Waals surface area contributed by atoms with Crippen molar-refractivity contribution in [3.8, 4) is 0 Å². The number of rotatable bonds is 4. The van der Waals surface area contributed by atoms with E-state index in [1.807, 2.05) is 27.7 Å². The van der Waals surface area contributed by atoms with E-state index >= 15 is 0 Å². The summed E-state index contributed by atoms with van der Waals surface area (Å²) in [6, 6.07) is 5.22. The third kappa shape index (κ3) is 5.55. The number of hydrogen-bond acceptors (Lipinski definition) is 3. The fourth-order valence-electron chi connectivity index (χ4n) is 1.60. The smallest absolute Gasteiger partial charge is 0.243 e. The van der Waals surface area contributed by atoms with Crippen molar-refractivity contribution in [1.82, 2.24) is 5.32 Å². The number of carbonyl (C=O) groups excluding carboxylic acids is 3. The van der Waals surface area contributed by atoms with Crippen molar-refractivity contribution in [2.24, 2.45) is 5.41 Å². The molecule has 1 aromatic carbocycles. The number of nitrogens with one attached hydrogen (secondary N) is 3. The van der Waals surface area contributed by atoms with E-state index in [9.17, 15) is 14.4 Å². The Morgan fingerprint density at radius 1 is 1.09 bits per heavy atom. The van der Waals surface area contributed by atoms with Gasteiger partial charge in [-0.1, -0.05) is 20.8 Å². The molecule has 0 unspecified atom stereocenters. The highest BCUT2D eigenvalue weighted by Crippen LogP contribution is 2.22. The maximum absolute atomic E-state index is 12.0. The molecule has 0 spiro atoms. The molecule has 6 heteroatoms. The summed E-state index contributed by atoms with van der Waals surface area (Å²) in [5, 5.41) is 7.97. The first-order chi connectivity index (χ1) is 10.1. The van der Waals surface area contributed by atoms with Crippen molar-refractivity contribution in [3.05, 3.63) is 23.8 Å². The van der Waals surface area contributed by atoms with Crippen LogP contribution in [0.3, 0.4) is 0 Å². The number of amides is 3. The molecule has 0 aliphatic heterocycles. The predicted octanol–water partition coefficient (Wildman–Crippen LogP) is 2.05. The minimum Gasteiger partial charge on any atom is -0.347 e. The monoisotopic (exact) mass is 305 g/mol. The zero-order valence-electron chi connectivity index (χ0n) is 13.7. The van der Waals surface area contributed by atoms with Gasteiger partial charge in [0.2, 0.25) is 17.7 Å².